The van der Waals surface area contributed by atoms with Crippen molar-refractivity contribution in [3.8, 4) is 0 Å². The fourth-order valence-corrected chi connectivity index (χ4v) is 2.69. The number of hydrogen-bond donors (Lipinski definition) is 2. The number of benzene rings is 1. The molecule has 116 valence electrons. The second-order valence-electron chi connectivity index (χ2n) is 6.13. The molecule has 0 spiro atoms. The smallest absolute Gasteiger partial charge is 0.224 e. The van der Waals surface area contributed by atoms with E-state index in [-0.39, 0.29) is 30.4 Å². The Morgan fingerprint density at radius 2 is 2.14 bits per heavy atom. The summed E-state index contributed by atoms with van der Waals surface area (Å²) >= 11 is 0. The third-order valence-corrected chi connectivity index (χ3v) is 3.81. The fourth-order valence-electron chi connectivity index (χ4n) is 2.69. The van der Waals surface area contributed by atoms with Gasteiger partial charge in [-0.3, -0.25) is 4.79 Å². The summed E-state index contributed by atoms with van der Waals surface area (Å²) in [7, 11) is 0. The van der Waals surface area contributed by atoms with Gasteiger partial charge in [-0.05, 0) is 36.3 Å². The summed E-state index contributed by atoms with van der Waals surface area (Å²) in [6.45, 7) is 3.93. The molecule has 1 fully saturated rings. The Hall–Kier alpha value is -1.49. The van der Waals surface area contributed by atoms with Gasteiger partial charge in [-0.1, -0.05) is 19.9 Å². The minimum atomic E-state index is -0.616. The van der Waals surface area contributed by atoms with Crippen molar-refractivity contribution in [1.29, 1.82) is 0 Å². The Morgan fingerprint density at radius 3 is 2.71 bits per heavy atom. The van der Waals surface area contributed by atoms with Gasteiger partial charge in [-0.15, -0.1) is 0 Å². The Balaban J connectivity index is 1.94. The SMILES string of the molecule is CC(C)CC(CO)NC(=O)C1CC1c1ccc(F)cc1F. The van der Waals surface area contributed by atoms with Gasteiger partial charge in [-0.2, -0.15) is 0 Å². The van der Waals surface area contributed by atoms with Crippen LogP contribution < -0.4 is 5.32 Å². The summed E-state index contributed by atoms with van der Waals surface area (Å²) in [5.41, 5.74) is 0.390. The first-order valence-corrected chi connectivity index (χ1v) is 7.28. The molecule has 0 aliphatic heterocycles. The lowest BCUT2D eigenvalue weighted by Crippen LogP contribution is -2.39. The monoisotopic (exact) mass is 297 g/mol. The maximum Gasteiger partial charge on any atom is 0.224 e. The molecule has 0 saturated heterocycles. The minimum Gasteiger partial charge on any atom is -0.394 e. The topological polar surface area (TPSA) is 49.3 Å². The van der Waals surface area contributed by atoms with Crippen LogP contribution in [0.3, 0.4) is 0 Å². The van der Waals surface area contributed by atoms with Gasteiger partial charge in [-0.25, -0.2) is 8.78 Å². The normalized spacial score (nSPS) is 22.2. The Labute approximate surface area is 123 Å². The number of rotatable bonds is 6. The highest BCUT2D eigenvalue weighted by Gasteiger charge is 2.45. The highest BCUT2D eigenvalue weighted by Crippen LogP contribution is 2.48. The van der Waals surface area contributed by atoms with Crippen molar-refractivity contribution >= 4 is 5.91 Å². The van der Waals surface area contributed by atoms with E-state index in [4.69, 9.17) is 0 Å². The molecule has 1 aromatic rings. The van der Waals surface area contributed by atoms with E-state index in [2.05, 4.69) is 5.32 Å². The number of halogens is 2. The predicted octanol–water partition coefficient (Wildman–Crippen LogP) is 2.59. The molecule has 5 heteroatoms. The van der Waals surface area contributed by atoms with E-state index in [1.807, 2.05) is 13.8 Å². The van der Waals surface area contributed by atoms with Gasteiger partial charge in [0.1, 0.15) is 11.6 Å². The first kappa shape index (κ1) is 15.9. The Morgan fingerprint density at radius 1 is 1.43 bits per heavy atom. The lowest BCUT2D eigenvalue weighted by Gasteiger charge is -2.18. The van der Waals surface area contributed by atoms with Gasteiger partial charge in [0.25, 0.3) is 0 Å². The zero-order chi connectivity index (χ0) is 15.6. The average molecular weight is 297 g/mol. The molecule has 1 aliphatic carbocycles. The second-order valence-corrected chi connectivity index (χ2v) is 6.13. The minimum absolute atomic E-state index is 0.105. The molecule has 0 bridgehead atoms. The van der Waals surface area contributed by atoms with Crippen LogP contribution in [0, 0.1) is 23.5 Å². The number of aliphatic hydroxyl groups is 1. The molecular weight excluding hydrogens is 276 g/mol. The van der Waals surface area contributed by atoms with E-state index in [1.165, 1.54) is 12.1 Å². The van der Waals surface area contributed by atoms with Crippen molar-refractivity contribution in [2.24, 2.45) is 11.8 Å². The van der Waals surface area contributed by atoms with E-state index in [0.717, 1.165) is 6.07 Å². The number of nitrogens with one attached hydrogen (secondary N) is 1. The standard InChI is InChI=1S/C16H21F2NO2/c1-9(2)5-11(8-20)19-16(21)14-7-13(14)12-4-3-10(17)6-15(12)18/h3-4,6,9,11,13-14,20H,5,7-8H2,1-2H3,(H,19,21). The molecule has 1 amide bonds. The molecule has 3 atom stereocenters. The van der Waals surface area contributed by atoms with E-state index in [9.17, 15) is 18.7 Å². The van der Waals surface area contributed by atoms with Gasteiger partial charge in [0.15, 0.2) is 0 Å². The predicted molar refractivity (Wildman–Crippen MR) is 75.7 cm³/mol. The van der Waals surface area contributed by atoms with Gasteiger partial charge in [0.05, 0.1) is 12.6 Å². The van der Waals surface area contributed by atoms with Crippen LogP contribution in [-0.2, 0) is 4.79 Å². The van der Waals surface area contributed by atoms with Gasteiger partial charge < -0.3 is 10.4 Å². The van der Waals surface area contributed by atoms with E-state index < -0.39 is 11.6 Å². The third-order valence-electron chi connectivity index (χ3n) is 3.81. The quantitative estimate of drug-likeness (QED) is 0.848. The Bertz CT molecular complexity index is 519. The summed E-state index contributed by atoms with van der Waals surface area (Å²) in [5, 5.41) is 12.1. The van der Waals surface area contributed by atoms with Crippen LogP contribution in [0.25, 0.3) is 0 Å². The lowest BCUT2D eigenvalue weighted by atomic mass is 10.0. The summed E-state index contributed by atoms with van der Waals surface area (Å²) in [4.78, 5) is 12.1. The maximum absolute atomic E-state index is 13.7. The number of hydrogen-bond acceptors (Lipinski definition) is 2. The summed E-state index contributed by atoms with van der Waals surface area (Å²) < 4.78 is 26.5. The molecule has 3 nitrogen and oxygen atoms in total. The van der Waals surface area contributed by atoms with Gasteiger partial charge >= 0.3 is 0 Å². The summed E-state index contributed by atoms with van der Waals surface area (Å²) in [5.74, 6) is -1.49. The van der Waals surface area contributed by atoms with Crippen LogP contribution in [0.2, 0.25) is 0 Å². The zero-order valence-corrected chi connectivity index (χ0v) is 12.3. The van der Waals surface area contributed by atoms with Crippen molar-refractivity contribution < 1.29 is 18.7 Å². The zero-order valence-electron chi connectivity index (χ0n) is 12.3. The van der Waals surface area contributed by atoms with Gasteiger partial charge in [0.2, 0.25) is 5.91 Å². The molecule has 1 saturated carbocycles. The molecule has 1 aromatic carbocycles. The van der Waals surface area contributed by atoms with E-state index in [0.29, 0.717) is 24.3 Å². The van der Waals surface area contributed by atoms with E-state index in [1.54, 1.807) is 0 Å². The van der Waals surface area contributed by atoms with Crippen molar-refractivity contribution in [2.45, 2.75) is 38.6 Å². The highest BCUT2D eigenvalue weighted by molar-refractivity contribution is 5.83. The number of carbonyl (C=O) groups is 1. The number of carbonyl (C=O) groups excluding carboxylic acids is 1. The average Bonchev–Trinajstić information content (AvgIpc) is 3.17. The maximum atomic E-state index is 13.7. The Kier molecular flexibility index (Phi) is 4.93. The molecule has 0 radical (unpaired) electrons. The largest absolute Gasteiger partial charge is 0.394 e. The van der Waals surface area contributed by atoms with Gasteiger partial charge in [0, 0.05) is 12.0 Å². The van der Waals surface area contributed by atoms with Crippen molar-refractivity contribution in [2.75, 3.05) is 6.61 Å². The van der Waals surface area contributed by atoms with Crippen LogP contribution in [0.5, 0.6) is 0 Å². The molecular formula is C16H21F2NO2. The molecule has 2 N–H and O–H groups in total. The van der Waals surface area contributed by atoms with Crippen LogP contribution in [0.1, 0.15) is 38.2 Å². The van der Waals surface area contributed by atoms with Crippen LogP contribution in [0.15, 0.2) is 18.2 Å². The molecule has 21 heavy (non-hydrogen) atoms. The first-order chi connectivity index (χ1) is 9.92. The molecule has 0 heterocycles. The summed E-state index contributed by atoms with van der Waals surface area (Å²) in [6.07, 6.45) is 1.26. The van der Waals surface area contributed by atoms with E-state index >= 15 is 0 Å². The summed E-state index contributed by atoms with van der Waals surface area (Å²) in [6, 6.07) is 3.19. The molecule has 1 aliphatic rings. The second kappa shape index (κ2) is 6.52. The molecule has 2 rings (SSSR count). The van der Waals surface area contributed by atoms with Crippen molar-refractivity contribution in [3.05, 3.63) is 35.4 Å². The fraction of sp³-hybridized carbons (Fsp3) is 0.562. The van der Waals surface area contributed by atoms with Crippen LogP contribution >= 0.6 is 0 Å². The first-order valence-electron chi connectivity index (χ1n) is 7.28. The molecule has 0 aromatic heterocycles. The number of amides is 1. The number of aliphatic hydroxyl groups excluding tert-OH is 1. The van der Waals surface area contributed by atoms with Crippen LogP contribution in [0.4, 0.5) is 8.78 Å². The lowest BCUT2D eigenvalue weighted by molar-refractivity contribution is -0.123. The highest BCUT2D eigenvalue weighted by atomic mass is 19.1. The molecule has 3 unspecified atom stereocenters. The van der Waals surface area contributed by atoms with Crippen molar-refractivity contribution in [1.82, 2.24) is 5.32 Å². The third kappa shape index (κ3) is 4.00. The van der Waals surface area contributed by atoms with Crippen LogP contribution in [-0.4, -0.2) is 23.7 Å². The van der Waals surface area contributed by atoms with Crippen molar-refractivity contribution in [3.63, 3.8) is 0 Å².